The number of methoxy groups -OCH3 is 1. The summed E-state index contributed by atoms with van der Waals surface area (Å²) in [7, 11) is 1.60. The van der Waals surface area contributed by atoms with Crippen LogP contribution in [-0.4, -0.2) is 57.7 Å². The summed E-state index contributed by atoms with van der Waals surface area (Å²) in [6.45, 7) is 1.51. The van der Waals surface area contributed by atoms with Crippen LogP contribution in [-0.2, 0) is 4.74 Å². The van der Waals surface area contributed by atoms with E-state index in [0.717, 1.165) is 0 Å². The van der Waals surface area contributed by atoms with Crippen LogP contribution in [0.4, 0.5) is 5.82 Å². The molecule has 0 unspecified atom stereocenters. The monoisotopic (exact) mass is 295 g/mol. The quantitative estimate of drug-likeness (QED) is 0.258. The van der Waals surface area contributed by atoms with Gasteiger partial charge in [-0.2, -0.15) is 9.61 Å². The third-order valence-electron chi connectivity index (χ3n) is 2.92. The van der Waals surface area contributed by atoms with Crippen molar-refractivity contribution in [1.29, 1.82) is 0 Å². The SMILES string of the molecule is COCCN(CCC(N)=NO)c1ccc2n[nH]c(=O)n2n1. The number of fused-ring (bicyclic) bond motifs is 1. The fourth-order valence-electron chi connectivity index (χ4n) is 1.80. The van der Waals surface area contributed by atoms with E-state index in [9.17, 15) is 4.79 Å². The second kappa shape index (κ2) is 6.70. The molecule has 2 rings (SSSR count). The van der Waals surface area contributed by atoms with Crippen LogP contribution in [0.25, 0.3) is 5.65 Å². The highest BCUT2D eigenvalue weighted by molar-refractivity contribution is 5.80. The molecule has 0 saturated heterocycles. The fraction of sp³-hybridized carbons (Fsp3) is 0.455. The van der Waals surface area contributed by atoms with E-state index in [1.165, 1.54) is 4.52 Å². The number of nitrogens with one attached hydrogen (secondary N) is 1. The average Bonchev–Trinajstić information content (AvgIpc) is 2.88. The molecule has 4 N–H and O–H groups in total. The number of ether oxygens (including phenoxy) is 1. The summed E-state index contributed by atoms with van der Waals surface area (Å²) in [5.41, 5.74) is 5.51. The smallest absolute Gasteiger partial charge is 0.364 e. The Morgan fingerprint density at radius 3 is 3.10 bits per heavy atom. The predicted molar refractivity (Wildman–Crippen MR) is 75.7 cm³/mol. The molecular formula is C11H17N7O3. The van der Waals surface area contributed by atoms with Gasteiger partial charge in [-0.3, -0.25) is 0 Å². The standard InChI is InChI=1S/C11H17N7O3/c1-21-7-6-17(5-4-8(12)16-20)10-3-2-9-13-14-11(19)18(9)15-10/h2-3,20H,4-7H2,1H3,(H2,12,16)(H,14,19). The summed E-state index contributed by atoms with van der Waals surface area (Å²) >= 11 is 0. The van der Waals surface area contributed by atoms with Gasteiger partial charge in [0.15, 0.2) is 5.65 Å². The normalized spacial score (nSPS) is 12.0. The summed E-state index contributed by atoms with van der Waals surface area (Å²) in [6, 6.07) is 3.43. The molecule has 0 bridgehead atoms. The van der Waals surface area contributed by atoms with Gasteiger partial charge in [0.1, 0.15) is 11.7 Å². The number of amidine groups is 1. The van der Waals surface area contributed by atoms with Gasteiger partial charge in [-0.25, -0.2) is 9.89 Å². The average molecular weight is 295 g/mol. The van der Waals surface area contributed by atoms with Gasteiger partial charge in [-0.15, -0.1) is 5.10 Å². The first-order valence-corrected chi connectivity index (χ1v) is 6.30. The van der Waals surface area contributed by atoms with Gasteiger partial charge in [-0.05, 0) is 12.1 Å². The summed E-state index contributed by atoms with van der Waals surface area (Å²) in [5, 5.41) is 21.9. The van der Waals surface area contributed by atoms with Crippen LogP contribution < -0.4 is 16.3 Å². The molecule has 0 radical (unpaired) electrons. The fourth-order valence-corrected chi connectivity index (χ4v) is 1.80. The number of nitrogens with zero attached hydrogens (tertiary/aromatic N) is 5. The van der Waals surface area contributed by atoms with Gasteiger partial charge in [0.2, 0.25) is 0 Å². The Morgan fingerprint density at radius 2 is 2.38 bits per heavy atom. The molecule has 0 aliphatic heterocycles. The van der Waals surface area contributed by atoms with Crippen LogP contribution in [0.1, 0.15) is 6.42 Å². The Labute approximate surface area is 119 Å². The Hall–Kier alpha value is -2.62. The van der Waals surface area contributed by atoms with E-state index < -0.39 is 5.69 Å². The van der Waals surface area contributed by atoms with Crippen molar-refractivity contribution in [3.63, 3.8) is 0 Å². The first-order valence-electron chi connectivity index (χ1n) is 6.30. The number of oxime groups is 1. The molecule has 2 aromatic heterocycles. The van der Waals surface area contributed by atoms with Crippen molar-refractivity contribution in [3.05, 3.63) is 22.6 Å². The molecule has 0 fully saturated rings. The van der Waals surface area contributed by atoms with E-state index in [-0.39, 0.29) is 5.84 Å². The van der Waals surface area contributed by atoms with Gasteiger partial charge in [0.05, 0.1) is 6.61 Å². The Balaban J connectivity index is 2.23. The Morgan fingerprint density at radius 1 is 1.57 bits per heavy atom. The number of nitrogens with two attached hydrogens (primary N) is 1. The molecule has 0 aliphatic rings. The summed E-state index contributed by atoms with van der Waals surface area (Å²) in [5.74, 6) is 0.702. The molecule has 2 heterocycles. The Kier molecular flexibility index (Phi) is 4.72. The third kappa shape index (κ3) is 3.48. The minimum Gasteiger partial charge on any atom is -0.409 e. The second-order valence-electron chi connectivity index (χ2n) is 4.31. The predicted octanol–water partition coefficient (Wildman–Crippen LogP) is -0.993. The number of hydrogen-bond acceptors (Lipinski definition) is 7. The molecule has 0 atom stereocenters. The third-order valence-corrected chi connectivity index (χ3v) is 2.92. The van der Waals surface area contributed by atoms with E-state index >= 15 is 0 Å². The van der Waals surface area contributed by atoms with E-state index in [1.54, 1.807) is 19.2 Å². The molecule has 0 spiro atoms. The van der Waals surface area contributed by atoms with E-state index in [0.29, 0.717) is 37.6 Å². The molecule has 0 amide bonds. The maximum absolute atomic E-state index is 11.5. The zero-order valence-corrected chi connectivity index (χ0v) is 11.6. The first-order chi connectivity index (χ1) is 10.2. The summed E-state index contributed by atoms with van der Waals surface area (Å²) in [6.07, 6.45) is 0.361. The topological polar surface area (TPSA) is 134 Å². The summed E-state index contributed by atoms with van der Waals surface area (Å²) < 4.78 is 6.23. The maximum Gasteiger partial charge on any atom is 0.364 e. The highest BCUT2D eigenvalue weighted by Gasteiger charge is 2.11. The van der Waals surface area contributed by atoms with Crippen molar-refractivity contribution in [2.45, 2.75) is 6.42 Å². The lowest BCUT2D eigenvalue weighted by Crippen LogP contribution is -2.32. The number of hydrogen-bond donors (Lipinski definition) is 3. The van der Waals surface area contributed by atoms with Gasteiger partial charge in [0.25, 0.3) is 0 Å². The molecule has 114 valence electrons. The second-order valence-corrected chi connectivity index (χ2v) is 4.31. The Bertz CT molecular complexity index is 678. The molecule has 10 nitrogen and oxygen atoms in total. The number of anilines is 1. The largest absolute Gasteiger partial charge is 0.409 e. The van der Waals surface area contributed by atoms with Crippen LogP contribution in [0, 0.1) is 0 Å². The zero-order valence-electron chi connectivity index (χ0n) is 11.6. The molecule has 21 heavy (non-hydrogen) atoms. The lowest BCUT2D eigenvalue weighted by molar-refractivity contribution is 0.205. The molecule has 0 aliphatic carbocycles. The number of rotatable bonds is 7. The van der Waals surface area contributed by atoms with Crippen molar-refractivity contribution < 1.29 is 9.94 Å². The first kappa shape index (κ1) is 14.8. The van der Waals surface area contributed by atoms with Crippen molar-refractivity contribution in [1.82, 2.24) is 19.8 Å². The lowest BCUT2D eigenvalue weighted by Gasteiger charge is -2.22. The highest BCUT2D eigenvalue weighted by atomic mass is 16.5. The molecule has 0 aromatic carbocycles. The zero-order chi connectivity index (χ0) is 15.2. The van der Waals surface area contributed by atoms with Gasteiger partial charge in [0, 0.05) is 26.6 Å². The number of aromatic nitrogens is 4. The van der Waals surface area contributed by atoms with Gasteiger partial charge < -0.3 is 20.6 Å². The van der Waals surface area contributed by atoms with Crippen LogP contribution in [0.3, 0.4) is 0 Å². The lowest BCUT2D eigenvalue weighted by atomic mass is 10.3. The minimum atomic E-state index is -0.407. The minimum absolute atomic E-state index is 0.124. The van der Waals surface area contributed by atoms with Crippen LogP contribution >= 0.6 is 0 Å². The summed E-state index contributed by atoms with van der Waals surface area (Å²) in [4.78, 5) is 13.4. The molecular weight excluding hydrogens is 278 g/mol. The van der Waals surface area contributed by atoms with Crippen molar-refractivity contribution in [2.24, 2.45) is 10.9 Å². The van der Waals surface area contributed by atoms with E-state index in [4.69, 9.17) is 15.7 Å². The number of aromatic amines is 1. The van der Waals surface area contributed by atoms with Gasteiger partial charge in [-0.1, -0.05) is 5.16 Å². The van der Waals surface area contributed by atoms with Crippen LogP contribution in [0.5, 0.6) is 0 Å². The van der Waals surface area contributed by atoms with E-state index in [1.807, 2.05) is 4.90 Å². The van der Waals surface area contributed by atoms with Crippen molar-refractivity contribution >= 4 is 17.3 Å². The maximum atomic E-state index is 11.5. The molecule has 2 aromatic rings. The van der Waals surface area contributed by atoms with Crippen LogP contribution in [0.2, 0.25) is 0 Å². The van der Waals surface area contributed by atoms with Crippen molar-refractivity contribution in [2.75, 3.05) is 31.7 Å². The molecule has 0 saturated carbocycles. The van der Waals surface area contributed by atoms with Crippen LogP contribution in [0.15, 0.2) is 22.1 Å². The number of H-pyrrole nitrogens is 1. The van der Waals surface area contributed by atoms with Crippen molar-refractivity contribution in [3.8, 4) is 0 Å². The highest BCUT2D eigenvalue weighted by Crippen LogP contribution is 2.10. The molecule has 10 heteroatoms. The van der Waals surface area contributed by atoms with E-state index in [2.05, 4.69) is 20.5 Å². The van der Waals surface area contributed by atoms with Gasteiger partial charge >= 0.3 is 5.69 Å².